The summed E-state index contributed by atoms with van der Waals surface area (Å²) in [5, 5.41) is 3.04. The molecule has 4 aromatic rings. The Morgan fingerprint density at radius 3 is 2.59 bits per heavy atom. The highest BCUT2D eigenvalue weighted by Crippen LogP contribution is 2.43. The third-order valence-electron chi connectivity index (χ3n) is 6.32. The van der Waals surface area contributed by atoms with Crippen molar-refractivity contribution in [3.05, 3.63) is 66.7 Å². The number of nitrogen functional groups attached to an aromatic ring is 1. The van der Waals surface area contributed by atoms with Crippen molar-refractivity contribution in [2.45, 2.75) is 19.8 Å². The van der Waals surface area contributed by atoms with Crippen LogP contribution in [0.5, 0.6) is 0 Å². The van der Waals surface area contributed by atoms with Gasteiger partial charge in [0.2, 0.25) is 0 Å². The van der Waals surface area contributed by atoms with Crippen LogP contribution in [0.25, 0.3) is 33.4 Å². The zero-order chi connectivity index (χ0) is 28.1. The lowest BCUT2D eigenvalue weighted by molar-refractivity contribution is -0.112. The summed E-state index contributed by atoms with van der Waals surface area (Å²) in [6.07, 6.45) is 2.92. The van der Waals surface area contributed by atoms with E-state index in [0.717, 1.165) is 12.8 Å². The number of rotatable bonds is 5. The summed E-state index contributed by atoms with van der Waals surface area (Å²) in [5.74, 6) is 0.0263. The first kappa shape index (κ1) is 22.2. The number of fused-ring (bicyclic) bond motifs is 1. The monoisotopic (exact) mass is 520 g/mol. The van der Waals surface area contributed by atoms with E-state index in [2.05, 4.69) is 26.2 Å². The number of carbonyl (C=O) groups is 1. The summed E-state index contributed by atoms with van der Waals surface area (Å²) in [6.45, 7) is 5.15. The number of nitrogens with two attached hydrogens (primary N) is 1. The Balaban J connectivity index is 1.73. The van der Waals surface area contributed by atoms with Gasteiger partial charge in [-0.25, -0.2) is 18.6 Å². The van der Waals surface area contributed by atoms with Gasteiger partial charge in [0.05, 0.1) is 29.2 Å². The van der Waals surface area contributed by atoms with Gasteiger partial charge in [0.1, 0.15) is 23.6 Å². The molecule has 8 nitrogen and oxygen atoms in total. The maximum atomic E-state index is 15.6. The molecule has 10 heteroatoms. The van der Waals surface area contributed by atoms with Crippen LogP contribution >= 0.6 is 0 Å². The fourth-order valence-electron chi connectivity index (χ4n) is 4.48. The summed E-state index contributed by atoms with van der Waals surface area (Å²) in [4.78, 5) is 20.5. The third kappa shape index (κ3) is 4.60. The van der Waals surface area contributed by atoms with E-state index in [4.69, 9.17) is 8.48 Å². The van der Waals surface area contributed by atoms with Crippen LogP contribution in [0.15, 0.2) is 65.3 Å². The zero-order valence-corrected chi connectivity index (χ0v) is 21.3. The summed E-state index contributed by atoms with van der Waals surface area (Å²) in [7, 11) is -0.776. The number of amides is 1. The van der Waals surface area contributed by atoms with E-state index in [1.165, 1.54) is 30.6 Å². The molecule has 190 valence electrons. The normalized spacial score (nSPS) is 15.3. The van der Waals surface area contributed by atoms with Crippen LogP contribution in [-0.4, -0.2) is 36.2 Å². The number of benzene rings is 2. The standard InChI is InChI=1S/C27H27FN6O2S/c1-16(2)27(35)32-19-10-11-20(21(28)14-19)24-22(23-25(29)30-15-31-26(23)34(24)3)17-6-8-18(9-7-17)33-37(36)12-4-5-13-37/h6-11,14-15H,1,4-5,12-13H2,2-3H3,(H,32,35)(H2,29,30,31)/i8D,9D. The van der Waals surface area contributed by atoms with E-state index in [-0.39, 0.29) is 40.4 Å². The largest absolute Gasteiger partial charge is 0.383 e. The third-order valence-corrected chi connectivity index (χ3v) is 8.69. The molecule has 1 aliphatic rings. The SMILES string of the molecule is [2H]c1cc(-c2c(-c3ccc(NC(=O)C(=C)C)cc3F)n(C)c3ncnc(N)c23)cc([2H])c1N=S1(=O)CCCC1. The van der Waals surface area contributed by atoms with Crippen molar-refractivity contribution in [1.82, 2.24) is 14.5 Å². The second kappa shape index (κ2) is 9.44. The number of nitrogens with one attached hydrogen (secondary N) is 1. The Bertz CT molecular complexity index is 1770. The van der Waals surface area contributed by atoms with E-state index in [9.17, 15) is 9.00 Å². The van der Waals surface area contributed by atoms with Crippen molar-refractivity contribution in [2.75, 3.05) is 22.6 Å². The molecule has 1 amide bonds. The Morgan fingerprint density at radius 1 is 1.24 bits per heavy atom. The summed E-state index contributed by atoms with van der Waals surface area (Å²) >= 11 is 0. The minimum atomic E-state index is -2.49. The van der Waals surface area contributed by atoms with Crippen LogP contribution in [0.2, 0.25) is 0 Å². The number of anilines is 2. The van der Waals surface area contributed by atoms with Gasteiger partial charge in [-0.2, -0.15) is 4.36 Å². The smallest absolute Gasteiger partial charge is 0.250 e. The first-order chi connectivity index (χ1) is 18.5. The number of aromatic nitrogens is 3. The first-order valence-electron chi connectivity index (χ1n) is 12.7. The molecular formula is C27H27FN6O2S. The van der Waals surface area contributed by atoms with Gasteiger partial charge in [-0.05, 0) is 55.6 Å². The van der Waals surface area contributed by atoms with Crippen LogP contribution in [-0.2, 0) is 21.6 Å². The molecule has 1 aliphatic heterocycles. The van der Waals surface area contributed by atoms with Crippen molar-refractivity contribution in [3.8, 4) is 22.4 Å². The van der Waals surface area contributed by atoms with E-state index < -0.39 is 21.5 Å². The molecule has 1 saturated heterocycles. The molecule has 0 bridgehead atoms. The van der Waals surface area contributed by atoms with Crippen molar-refractivity contribution in [3.63, 3.8) is 0 Å². The highest BCUT2D eigenvalue weighted by molar-refractivity contribution is 7.93. The lowest BCUT2D eigenvalue weighted by atomic mass is 9.98. The molecule has 0 saturated carbocycles. The van der Waals surface area contributed by atoms with E-state index in [1.807, 2.05) is 0 Å². The molecule has 2 aromatic heterocycles. The number of halogens is 1. The predicted octanol–water partition coefficient (Wildman–Crippen LogP) is 5.43. The van der Waals surface area contributed by atoms with Gasteiger partial charge in [0.15, 0.2) is 0 Å². The van der Waals surface area contributed by atoms with Gasteiger partial charge >= 0.3 is 0 Å². The van der Waals surface area contributed by atoms with Crippen LogP contribution in [0, 0.1) is 5.82 Å². The topological polar surface area (TPSA) is 115 Å². The molecule has 0 aliphatic carbocycles. The quantitative estimate of drug-likeness (QED) is 0.341. The van der Waals surface area contributed by atoms with Crippen LogP contribution in [0.4, 0.5) is 21.6 Å². The van der Waals surface area contributed by atoms with Gasteiger partial charge in [-0.15, -0.1) is 0 Å². The molecule has 0 spiro atoms. The van der Waals surface area contributed by atoms with Crippen molar-refractivity contribution >= 4 is 43.9 Å². The van der Waals surface area contributed by atoms with E-state index in [1.54, 1.807) is 24.6 Å². The Hall–Kier alpha value is -4.05. The lowest BCUT2D eigenvalue weighted by Crippen LogP contribution is -2.12. The molecule has 37 heavy (non-hydrogen) atoms. The van der Waals surface area contributed by atoms with Crippen LogP contribution < -0.4 is 11.1 Å². The number of aryl methyl sites for hydroxylation is 1. The predicted molar refractivity (Wildman–Crippen MR) is 146 cm³/mol. The minimum Gasteiger partial charge on any atom is -0.383 e. The summed E-state index contributed by atoms with van der Waals surface area (Å²) < 4.78 is 51.9. The average molecular weight is 521 g/mol. The van der Waals surface area contributed by atoms with Crippen LogP contribution in [0.3, 0.4) is 0 Å². The Morgan fingerprint density at radius 2 is 1.95 bits per heavy atom. The highest BCUT2D eigenvalue weighted by atomic mass is 32.2. The maximum Gasteiger partial charge on any atom is 0.250 e. The summed E-state index contributed by atoms with van der Waals surface area (Å²) in [6, 6.07) is 7.20. The molecule has 3 heterocycles. The molecule has 0 atom stereocenters. The molecule has 3 N–H and O–H groups in total. The molecule has 2 aromatic carbocycles. The van der Waals surface area contributed by atoms with E-state index >= 15 is 4.39 Å². The fraction of sp³-hybridized carbons (Fsp3) is 0.222. The van der Waals surface area contributed by atoms with Crippen molar-refractivity contribution < 1.29 is 16.1 Å². The van der Waals surface area contributed by atoms with Crippen molar-refractivity contribution in [2.24, 2.45) is 11.4 Å². The van der Waals surface area contributed by atoms with Gasteiger partial charge in [-0.3, -0.25) is 4.79 Å². The van der Waals surface area contributed by atoms with Gasteiger partial charge in [0, 0.05) is 40.9 Å². The van der Waals surface area contributed by atoms with E-state index in [0.29, 0.717) is 39.4 Å². The van der Waals surface area contributed by atoms with Gasteiger partial charge < -0.3 is 15.6 Å². The van der Waals surface area contributed by atoms with Gasteiger partial charge in [0.25, 0.3) is 5.91 Å². The van der Waals surface area contributed by atoms with Gasteiger partial charge in [-0.1, -0.05) is 18.7 Å². The Labute approximate surface area is 217 Å². The number of carbonyl (C=O) groups excluding carboxylic acids is 1. The number of nitrogens with zero attached hydrogens (tertiary/aromatic N) is 4. The molecule has 0 unspecified atom stereocenters. The molecule has 0 radical (unpaired) electrons. The Kier molecular flexibility index (Phi) is 5.65. The zero-order valence-electron chi connectivity index (χ0n) is 22.5. The van der Waals surface area contributed by atoms with Crippen LogP contribution in [0.1, 0.15) is 22.5 Å². The second-order valence-corrected chi connectivity index (χ2v) is 11.6. The summed E-state index contributed by atoms with van der Waals surface area (Å²) in [5.41, 5.74) is 8.79. The highest BCUT2D eigenvalue weighted by Gasteiger charge is 2.24. The molecule has 1 fully saturated rings. The minimum absolute atomic E-state index is 0.0659. The number of hydrogen-bond acceptors (Lipinski definition) is 6. The molecular weight excluding hydrogens is 491 g/mol. The first-order valence-corrected chi connectivity index (χ1v) is 13.5. The maximum absolute atomic E-state index is 15.6. The lowest BCUT2D eigenvalue weighted by Gasteiger charge is -2.12. The average Bonchev–Trinajstić information content (AvgIpc) is 3.43. The molecule has 5 rings (SSSR count). The number of hydrogen-bond donors (Lipinski definition) is 2. The fourth-order valence-corrected chi connectivity index (χ4v) is 6.62. The second-order valence-electron chi connectivity index (χ2n) is 9.03. The van der Waals surface area contributed by atoms with Crippen molar-refractivity contribution in [1.29, 1.82) is 0 Å².